The third-order valence-electron chi connectivity index (χ3n) is 0.167. The largest absolute Gasteiger partial charge is 0.304 e. The second-order valence-corrected chi connectivity index (χ2v) is 0.811. The van der Waals surface area contributed by atoms with Crippen LogP contribution in [0.15, 0.2) is 0 Å². The van der Waals surface area contributed by atoms with E-state index in [4.69, 9.17) is 4.79 Å². The van der Waals surface area contributed by atoms with Gasteiger partial charge in [0, 0.05) is 6.42 Å². The molecule has 0 N–H and O–H groups in total. The minimum Gasteiger partial charge on any atom is -0.304 e. The van der Waals surface area contributed by atoms with Crippen LogP contribution in [0.4, 0.5) is 0 Å². The minimum absolute atomic E-state index is 0.639. The predicted molar refractivity (Wildman–Crippen MR) is 28.1 cm³/mol. The zero-order valence-electron chi connectivity index (χ0n) is 4.68. The maximum absolute atomic E-state index is 9.17. The molecule has 0 aromatic carbocycles. The highest BCUT2D eigenvalue weighted by Crippen LogP contribution is 1.53. The van der Waals surface area contributed by atoms with E-state index >= 15 is 0 Å². The number of hydrogen-bond donors (Lipinski definition) is 0. The summed E-state index contributed by atoms with van der Waals surface area (Å²) in [6.45, 7) is 3.26. The first-order valence-electron chi connectivity index (χ1n) is 2.16. The molecular weight excluding hydrogens is 92.1 g/mol. The van der Waals surface area contributed by atoms with Crippen molar-refractivity contribution in [2.75, 3.05) is 0 Å². The fourth-order valence-corrected chi connectivity index (χ4v) is 0. The van der Waals surface area contributed by atoms with Gasteiger partial charge in [0.1, 0.15) is 12.6 Å². The van der Waals surface area contributed by atoms with Crippen LogP contribution in [-0.4, -0.2) is 12.6 Å². The molecule has 0 bridgehead atoms. The molecule has 0 aliphatic rings. The summed E-state index contributed by atoms with van der Waals surface area (Å²) in [5.74, 6) is 0. The van der Waals surface area contributed by atoms with Gasteiger partial charge in [-0.3, -0.25) is 0 Å². The molecule has 0 aliphatic heterocycles. The van der Waals surface area contributed by atoms with Gasteiger partial charge in [0.25, 0.3) is 0 Å². The van der Waals surface area contributed by atoms with Gasteiger partial charge in [-0.15, -0.1) is 0 Å². The average Bonchev–Trinajstić information content (AvgIpc) is 1.69. The van der Waals surface area contributed by atoms with Crippen LogP contribution < -0.4 is 0 Å². The second-order valence-electron chi connectivity index (χ2n) is 0.811. The van der Waals surface area contributed by atoms with E-state index in [2.05, 4.69) is 0 Å². The highest BCUT2D eigenvalue weighted by molar-refractivity contribution is 5.48. The quantitative estimate of drug-likeness (QED) is 0.459. The zero-order chi connectivity index (χ0) is 6.12. The van der Waals surface area contributed by atoms with Crippen molar-refractivity contribution in [3.8, 4) is 0 Å². The summed E-state index contributed by atoms with van der Waals surface area (Å²) in [7, 11) is 0. The van der Waals surface area contributed by atoms with Crippen LogP contribution in [0.25, 0.3) is 0 Å². The Morgan fingerprint density at radius 2 is 1.57 bits per heavy atom. The van der Waals surface area contributed by atoms with Crippen molar-refractivity contribution < 1.29 is 9.59 Å². The molecule has 2 nitrogen and oxygen atoms in total. The SMILES string of the molecule is CC=O.CCC=O. The highest BCUT2D eigenvalue weighted by atomic mass is 16.1. The Hall–Kier alpha value is -0.660. The first-order chi connectivity index (χ1) is 3.33. The second kappa shape index (κ2) is 18.4. The fourth-order valence-electron chi connectivity index (χ4n) is 0. The lowest BCUT2D eigenvalue weighted by Gasteiger charge is -1.51. The molecule has 0 radical (unpaired) electrons. The zero-order valence-corrected chi connectivity index (χ0v) is 4.68. The highest BCUT2D eigenvalue weighted by Gasteiger charge is 1.52. The van der Waals surface area contributed by atoms with Gasteiger partial charge in [-0.25, -0.2) is 0 Å². The standard InChI is InChI=1S/C3H6O.C2H4O/c1-2-3-4;1-2-3/h3H,2H2,1H3;2H,1H3. The molecule has 0 aromatic heterocycles. The van der Waals surface area contributed by atoms with Gasteiger partial charge in [0.15, 0.2) is 0 Å². The number of carbonyl (C=O) groups is 2. The first kappa shape index (κ1) is 9.60. The van der Waals surface area contributed by atoms with Crippen molar-refractivity contribution in [1.29, 1.82) is 0 Å². The molecule has 7 heavy (non-hydrogen) atoms. The summed E-state index contributed by atoms with van der Waals surface area (Å²) in [4.78, 5) is 18.0. The maximum Gasteiger partial charge on any atom is 0.119 e. The smallest absolute Gasteiger partial charge is 0.119 e. The van der Waals surface area contributed by atoms with Gasteiger partial charge in [-0.2, -0.15) is 0 Å². The van der Waals surface area contributed by atoms with E-state index in [-0.39, 0.29) is 0 Å². The Kier molecular flexibility index (Phi) is 25.2. The van der Waals surface area contributed by atoms with E-state index in [0.29, 0.717) is 6.42 Å². The van der Waals surface area contributed by atoms with E-state index in [1.165, 1.54) is 6.92 Å². The molecule has 42 valence electrons. The Morgan fingerprint density at radius 1 is 1.43 bits per heavy atom. The van der Waals surface area contributed by atoms with E-state index in [0.717, 1.165) is 12.6 Å². The number of aldehydes is 2. The van der Waals surface area contributed by atoms with E-state index in [1.807, 2.05) is 6.92 Å². The van der Waals surface area contributed by atoms with Crippen molar-refractivity contribution in [3.63, 3.8) is 0 Å². The molecule has 0 saturated heterocycles. The average molecular weight is 102 g/mol. The van der Waals surface area contributed by atoms with Gasteiger partial charge >= 0.3 is 0 Å². The fraction of sp³-hybridized carbons (Fsp3) is 0.600. The van der Waals surface area contributed by atoms with Crippen molar-refractivity contribution in [2.45, 2.75) is 20.3 Å². The Labute approximate surface area is 43.5 Å². The summed E-state index contributed by atoms with van der Waals surface area (Å²) in [5, 5.41) is 0. The van der Waals surface area contributed by atoms with Crippen molar-refractivity contribution >= 4 is 12.6 Å². The Bertz CT molecular complexity index is 41.3. The van der Waals surface area contributed by atoms with E-state index < -0.39 is 0 Å². The molecule has 0 heterocycles. The number of rotatable bonds is 1. The maximum atomic E-state index is 9.17. The predicted octanol–water partition coefficient (Wildman–Crippen LogP) is 0.800. The first-order valence-corrected chi connectivity index (χ1v) is 2.16. The van der Waals surface area contributed by atoms with Crippen LogP contribution in [0.3, 0.4) is 0 Å². The van der Waals surface area contributed by atoms with Crippen LogP contribution in [-0.2, 0) is 9.59 Å². The van der Waals surface area contributed by atoms with Gasteiger partial charge in [-0.05, 0) is 6.92 Å². The lowest BCUT2D eigenvalue weighted by atomic mass is 10.6. The third kappa shape index (κ3) is 515. The molecule has 0 atom stereocenters. The normalized spacial score (nSPS) is 5.43. The van der Waals surface area contributed by atoms with Gasteiger partial charge in [0.05, 0.1) is 0 Å². The summed E-state index contributed by atoms with van der Waals surface area (Å²) in [6, 6.07) is 0. The molecule has 0 spiro atoms. The molecule has 0 amide bonds. The van der Waals surface area contributed by atoms with Crippen LogP contribution in [0.1, 0.15) is 20.3 Å². The third-order valence-corrected chi connectivity index (χ3v) is 0.167. The van der Waals surface area contributed by atoms with Gasteiger partial charge in [0.2, 0.25) is 0 Å². The van der Waals surface area contributed by atoms with Crippen molar-refractivity contribution in [3.05, 3.63) is 0 Å². The minimum atomic E-state index is 0.639. The summed E-state index contributed by atoms with van der Waals surface area (Å²) in [6.07, 6.45) is 2.26. The van der Waals surface area contributed by atoms with Crippen LogP contribution >= 0.6 is 0 Å². The molecule has 0 saturated carbocycles. The lowest BCUT2D eigenvalue weighted by molar-refractivity contribution is -0.107. The van der Waals surface area contributed by atoms with E-state index in [9.17, 15) is 4.79 Å². The molecule has 2 heteroatoms. The van der Waals surface area contributed by atoms with Crippen molar-refractivity contribution in [2.24, 2.45) is 0 Å². The van der Waals surface area contributed by atoms with Crippen LogP contribution in [0.2, 0.25) is 0 Å². The molecular formula is C5H10O2. The number of hydrogen-bond acceptors (Lipinski definition) is 2. The number of carbonyl (C=O) groups excluding carboxylic acids is 2. The van der Waals surface area contributed by atoms with Crippen LogP contribution in [0, 0.1) is 0 Å². The monoisotopic (exact) mass is 102 g/mol. The molecule has 0 unspecified atom stereocenters. The lowest BCUT2D eigenvalue weighted by Crippen LogP contribution is -1.55. The summed E-state index contributed by atoms with van der Waals surface area (Å²) < 4.78 is 0. The Balaban J connectivity index is 0. The summed E-state index contributed by atoms with van der Waals surface area (Å²) in [5.41, 5.74) is 0. The van der Waals surface area contributed by atoms with Gasteiger partial charge in [-0.1, -0.05) is 6.92 Å². The summed E-state index contributed by atoms with van der Waals surface area (Å²) >= 11 is 0. The molecule has 0 rings (SSSR count). The topological polar surface area (TPSA) is 34.1 Å². The Morgan fingerprint density at radius 3 is 1.57 bits per heavy atom. The van der Waals surface area contributed by atoms with E-state index in [1.54, 1.807) is 0 Å². The molecule has 0 aliphatic carbocycles. The van der Waals surface area contributed by atoms with Crippen molar-refractivity contribution in [1.82, 2.24) is 0 Å². The molecule has 0 aromatic rings. The van der Waals surface area contributed by atoms with Gasteiger partial charge < -0.3 is 9.59 Å². The van der Waals surface area contributed by atoms with Crippen LogP contribution in [0.5, 0.6) is 0 Å². The molecule has 0 fully saturated rings.